The van der Waals surface area contributed by atoms with Gasteiger partial charge in [0.15, 0.2) is 15.8 Å². The first-order valence-corrected chi connectivity index (χ1v) is 9.72. The summed E-state index contributed by atoms with van der Waals surface area (Å²) < 4.78 is 13.5. The number of benzene rings is 2. The van der Waals surface area contributed by atoms with E-state index in [0.717, 1.165) is 26.1 Å². The number of carbonyl (C=O) groups excluding carboxylic acids is 1. The van der Waals surface area contributed by atoms with Crippen LogP contribution in [0.3, 0.4) is 0 Å². The van der Waals surface area contributed by atoms with Gasteiger partial charge in [-0.2, -0.15) is 0 Å². The van der Waals surface area contributed by atoms with Gasteiger partial charge in [0.2, 0.25) is 5.91 Å². The standard InChI is InChI=1S/C18H16N2O3S2/c21-17(11-24-18-20-13-5-1-4-8-16(13)25-18)19-9-12-10-22-14-6-2-3-7-15(14)23-12/h1-8,12H,9-11H2,(H,19,21)/t12-/m0/s1. The summed E-state index contributed by atoms with van der Waals surface area (Å²) in [5.74, 6) is 1.77. The first kappa shape index (κ1) is 16.2. The van der Waals surface area contributed by atoms with Gasteiger partial charge in [0, 0.05) is 0 Å². The van der Waals surface area contributed by atoms with Crippen LogP contribution in [0.15, 0.2) is 52.9 Å². The molecule has 0 spiro atoms. The van der Waals surface area contributed by atoms with Crippen LogP contribution < -0.4 is 14.8 Å². The lowest BCUT2D eigenvalue weighted by atomic mass is 10.2. The third-order valence-corrected chi connectivity index (χ3v) is 5.87. The molecule has 1 N–H and O–H groups in total. The van der Waals surface area contributed by atoms with Gasteiger partial charge in [-0.15, -0.1) is 11.3 Å². The highest BCUT2D eigenvalue weighted by atomic mass is 32.2. The minimum absolute atomic E-state index is 0.0354. The third-order valence-electron chi connectivity index (χ3n) is 3.70. The van der Waals surface area contributed by atoms with Gasteiger partial charge in [-0.25, -0.2) is 4.98 Å². The molecule has 0 aliphatic carbocycles. The predicted molar refractivity (Wildman–Crippen MR) is 99.7 cm³/mol. The number of thiazole rings is 1. The Kier molecular flexibility index (Phi) is 4.76. The van der Waals surface area contributed by atoms with Gasteiger partial charge in [0.25, 0.3) is 0 Å². The zero-order valence-corrected chi connectivity index (χ0v) is 14.9. The van der Waals surface area contributed by atoms with E-state index < -0.39 is 0 Å². The van der Waals surface area contributed by atoms with Gasteiger partial charge in [0.05, 0.1) is 22.5 Å². The molecule has 25 heavy (non-hydrogen) atoms. The fourth-order valence-corrected chi connectivity index (χ4v) is 4.38. The number of hydrogen-bond acceptors (Lipinski definition) is 6. The summed E-state index contributed by atoms with van der Waals surface area (Å²) >= 11 is 3.06. The zero-order valence-electron chi connectivity index (χ0n) is 13.3. The van der Waals surface area contributed by atoms with E-state index in [1.165, 1.54) is 11.8 Å². The van der Waals surface area contributed by atoms with Crippen molar-refractivity contribution >= 4 is 39.2 Å². The van der Waals surface area contributed by atoms with Crippen molar-refractivity contribution in [3.63, 3.8) is 0 Å². The molecule has 0 saturated carbocycles. The quantitative estimate of drug-likeness (QED) is 0.696. The van der Waals surface area contributed by atoms with E-state index in [-0.39, 0.29) is 12.0 Å². The van der Waals surface area contributed by atoms with Crippen molar-refractivity contribution in [2.75, 3.05) is 18.9 Å². The third kappa shape index (κ3) is 3.88. The maximum Gasteiger partial charge on any atom is 0.230 e. The number of nitrogens with one attached hydrogen (secondary N) is 1. The number of ether oxygens (including phenoxy) is 2. The average molecular weight is 372 g/mol. The van der Waals surface area contributed by atoms with Crippen LogP contribution >= 0.6 is 23.1 Å². The highest BCUT2D eigenvalue weighted by molar-refractivity contribution is 8.01. The highest BCUT2D eigenvalue weighted by Crippen LogP contribution is 2.31. The number of rotatable bonds is 5. The summed E-state index contributed by atoms with van der Waals surface area (Å²) in [7, 11) is 0. The number of para-hydroxylation sites is 3. The lowest BCUT2D eigenvalue weighted by Crippen LogP contribution is -2.41. The molecule has 0 fully saturated rings. The number of thioether (sulfide) groups is 1. The molecule has 1 aromatic heterocycles. The van der Waals surface area contributed by atoms with Crippen LogP contribution in [0, 0.1) is 0 Å². The van der Waals surface area contributed by atoms with E-state index in [4.69, 9.17) is 9.47 Å². The van der Waals surface area contributed by atoms with E-state index in [9.17, 15) is 4.79 Å². The maximum absolute atomic E-state index is 12.1. The molecule has 5 nitrogen and oxygen atoms in total. The van der Waals surface area contributed by atoms with Crippen molar-refractivity contribution < 1.29 is 14.3 Å². The largest absolute Gasteiger partial charge is 0.486 e. The molecule has 1 aliphatic heterocycles. The molecule has 7 heteroatoms. The van der Waals surface area contributed by atoms with Crippen LogP contribution in [0.1, 0.15) is 0 Å². The molecule has 0 unspecified atom stereocenters. The second kappa shape index (κ2) is 7.33. The number of fused-ring (bicyclic) bond motifs is 2. The summed E-state index contributed by atoms with van der Waals surface area (Å²) in [5.41, 5.74) is 0.974. The summed E-state index contributed by atoms with van der Waals surface area (Å²) in [6, 6.07) is 15.5. The smallest absolute Gasteiger partial charge is 0.230 e. The Morgan fingerprint density at radius 3 is 2.88 bits per heavy atom. The van der Waals surface area contributed by atoms with Crippen molar-refractivity contribution in [3.05, 3.63) is 48.5 Å². The summed E-state index contributed by atoms with van der Waals surface area (Å²) in [4.78, 5) is 16.6. The van der Waals surface area contributed by atoms with Crippen LogP contribution in [0.4, 0.5) is 0 Å². The number of nitrogens with zero attached hydrogens (tertiary/aromatic N) is 1. The van der Waals surface area contributed by atoms with Gasteiger partial charge in [-0.1, -0.05) is 36.0 Å². The second-order valence-corrected chi connectivity index (χ2v) is 7.79. The lowest BCUT2D eigenvalue weighted by molar-refractivity contribution is -0.119. The molecule has 0 saturated heterocycles. The first-order chi connectivity index (χ1) is 12.3. The fraction of sp³-hybridized carbons (Fsp3) is 0.222. The Bertz CT molecular complexity index is 864. The summed E-state index contributed by atoms with van der Waals surface area (Å²) in [5, 5.41) is 2.90. The molecular formula is C18H16N2O3S2. The number of carbonyl (C=O) groups is 1. The van der Waals surface area contributed by atoms with Gasteiger partial charge in [-0.3, -0.25) is 4.79 Å². The predicted octanol–water partition coefficient (Wildman–Crippen LogP) is 3.34. The van der Waals surface area contributed by atoms with E-state index in [1.54, 1.807) is 11.3 Å². The van der Waals surface area contributed by atoms with E-state index >= 15 is 0 Å². The Balaban J connectivity index is 1.25. The van der Waals surface area contributed by atoms with Gasteiger partial charge in [-0.05, 0) is 24.3 Å². The maximum atomic E-state index is 12.1. The Hall–Kier alpha value is -2.25. The van der Waals surface area contributed by atoms with Gasteiger partial charge < -0.3 is 14.8 Å². The van der Waals surface area contributed by atoms with Gasteiger partial charge in [0.1, 0.15) is 12.7 Å². The van der Waals surface area contributed by atoms with Crippen molar-refractivity contribution in [3.8, 4) is 11.5 Å². The Morgan fingerprint density at radius 1 is 1.20 bits per heavy atom. The topological polar surface area (TPSA) is 60.5 Å². The fourth-order valence-electron chi connectivity index (χ4n) is 2.48. The van der Waals surface area contributed by atoms with E-state index in [1.807, 2.05) is 48.5 Å². The summed E-state index contributed by atoms with van der Waals surface area (Å²) in [6.07, 6.45) is -0.175. The highest BCUT2D eigenvalue weighted by Gasteiger charge is 2.21. The van der Waals surface area contributed by atoms with Crippen LogP contribution in [0.2, 0.25) is 0 Å². The van der Waals surface area contributed by atoms with Crippen molar-refractivity contribution in [1.82, 2.24) is 10.3 Å². The van der Waals surface area contributed by atoms with E-state index in [2.05, 4.69) is 10.3 Å². The Morgan fingerprint density at radius 2 is 2.00 bits per heavy atom. The van der Waals surface area contributed by atoms with Crippen molar-refractivity contribution in [1.29, 1.82) is 0 Å². The van der Waals surface area contributed by atoms with Crippen molar-refractivity contribution in [2.24, 2.45) is 0 Å². The van der Waals surface area contributed by atoms with E-state index in [0.29, 0.717) is 18.9 Å². The minimum atomic E-state index is -0.175. The molecule has 0 radical (unpaired) electrons. The average Bonchev–Trinajstić information content (AvgIpc) is 3.07. The van der Waals surface area contributed by atoms with Gasteiger partial charge >= 0.3 is 0 Å². The lowest BCUT2D eigenvalue weighted by Gasteiger charge is -2.26. The number of amides is 1. The summed E-state index contributed by atoms with van der Waals surface area (Å²) in [6.45, 7) is 0.857. The Labute approximate surface area is 153 Å². The molecule has 4 rings (SSSR count). The normalized spacial score (nSPS) is 15.9. The SMILES string of the molecule is O=C(CSc1nc2ccccc2s1)NC[C@H]1COc2ccccc2O1. The molecule has 1 aliphatic rings. The zero-order chi connectivity index (χ0) is 17.1. The molecule has 2 aromatic carbocycles. The number of hydrogen-bond donors (Lipinski definition) is 1. The molecule has 2 heterocycles. The molecule has 3 aromatic rings. The molecule has 1 atom stereocenters. The second-order valence-electron chi connectivity index (χ2n) is 5.54. The molecule has 128 valence electrons. The number of aromatic nitrogens is 1. The van der Waals surface area contributed by atoms with Crippen LogP contribution in [0.5, 0.6) is 11.5 Å². The molecular weight excluding hydrogens is 356 g/mol. The van der Waals surface area contributed by atoms with Crippen molar-refractivity contribution in [2.45, 2.75) is 10.4 Å². The van der Waals surface area contributed by atoms with Crippen LogP contribution in [0.25, 0.3) is 10.2 Å². The minimum Gasteiger partial charge on any atom is -0.486 e. The molecule has 1 amide bonds. The van der Waals surface area contributed by atoms with Crippen LogP contribution in [-0.2, 0) is 4.79 Å². The molecule has 0 bridgehead atoms. The monoisotopic (exact) mass is 372 g/mol. The van der Waals surface area contributed by atoms with Crippen LogP contribution in [-0.4, -0.2) is 35.9 Å². The first-order valence-electron chi connectivity index (χ1n) is 7.91.